The van der Waals surface area contributed by atoms with E-state index in [4.69, 9.17) is 4.74 Å². The predicted octanol–water partition coefficient (Wildman–Crippen LogP) is 8.55. The molecule has 3 aromatic carbocycles. The summed E-state index contributed by atoms with van der Waals surface area (Å²) in [5, 5.41) is 11.5. The van der Waals surface area contributed by atoms with E-state index in [2.05, 4.69) is 25.7 Å². The van der Waals surface area contributed by atoms with Gasteiger partial charge in [-0.25, -0.2) is 0 Å². The molecule has 0 atom stereocenters. The summed E-state index contributed by atoms with van der Waals surface area (Å²) in [5.74, 6) is 0.800. The van der Waals surface area contributed by atoms with Crippen LogP contribution in [0.4, 0.5) is 11.4 Å². The highest BCUT2D eigenvalue weighted by Gasteiger charge is 2.38. The molecule has 0 spiro atoms. The summed E-state index contributed by atoms with van der Waals surface area (Å²) < 4.78 is 16.7. The minimum atomic E-state index is -2.01. The van der Waals surface area contributed by atoms with Crippen LogP contribution in [0.5, 0.6) is 5.75 Å². The monoisotopic (exact) mass is 621 g/mol. The lowest BCUT2D eigenvalue weighted by molar-refractivity contribution is -0.384. The third-order valence-electron chi connectivity index (χ3n) is 8.28. The van der Waals surface area contributed by atoms with Gasteiger partial charge in [-0.05, 0) is 89.3 Å². The fraction of sp³-hybridized carbons (Fsp3) is 0.457. The first-order valence-corrected chi connectivity index (χ1v) is 17.3. The van der Waals surface area contributed by atoms with E-state index in [1.165, 1.54) is 6.07 Å². The molecule has 8 nitrogen and oxygen atoms in total. The van der Waals surface area contributed by atoms with Crippen LogP contribution in [0.25, 0.3) is 0 Å². The van der Waals surface area contributed by atoms with Crippen LogP contribution in [-0.4, -0.2) is 57.3 Å². The van der Waals surface area contributed by atoms with Crippen molar-refractivity contribution in [2.24, 2.45) is 0 Å². The van der Waals surface area contributed by atoms with Crippen molar-refractivity contribution in [3.8, 4) is 5.75 Å². The van der Waals surface area contributed by atoms with Gasteiger partial charge < -0.3 is 19.1 Å². The average molecular weight is 622 g/mol. The lowest BCUT2D eigenvalue weighted by atomic mass is 9.99. The minimum Gasteiger partial charge on any atom is -0.493 e. The summed E-state index contributed by atoms with van der Waals surface area (Å²) >= 11 is 0. The molecule has 0 aliphatic carbocycles. The van der Waals surface area contributed by atoms with Crippen molar-refractivity contribution in [2.45, 2.75) is 86.8 Å². The first-order valence-electron chi connectivity index (χ1n) is 15.7. The Balaban J connectivity index is 0.000000215. The second kappa shape index (κ2) is 14.9. The molecule has 2 fully saturated rings. The Morgan fingerprint density at radius 1 is 0.932 bits per heavy atom. The number of rotatable bonds is 8. The third-order valence-corrected chi connectivity index (χ3v) is 12.0. The Morgan fingerprint density at radius 3 is 2.02 bits per heavy atom. The van der Waals surface area contributed by atoms with Gasteiger partial charge >= 0.3 is 0 Å². The van der Waals surface area contributed by atoms with Crippen molar-refractivity contribution in [2.75, 3.05) is 31.1 Å². The van der Waals surface area contributed by atoms with Crippen molar-refractivity contribution >= 4 is 27.6 Å². The van der Waals surface area contributed by atoms with Gasteiger partial charge in [0.15, 0.2) is 0 Å². The van der Waals surface area contributed by atoms with Crippen LogP contribution >= 0.6 is 10.3 Å². The van der Waals surface area contributed by atoms with Gasteiger partial charge in [0.05, 0.1) is 17.6 Å². The molecule has 2 saturated heterocycles. The van der Waals surface area contributed by atoms with E-state index in [0.29, 0.717) is 24.5 Å². The predicted molar refractivity (Wildman–Crippen MR) is 179 cm³/mol. The number of nitro groups is 1. The maximum atomic E-state index is 12.1. The van der Waals surface area contributed by atoms with Gasteiger partial charge in [0.1, 0.15) is 11.4 Å². The van der Waals surface area contributed by atoms with Gasteiger partial charge in [0, 0.05) is 46.6 Å². The van der Waals surface area contributed by atoms with Crippen molar-refractivity contribution in [1.82, 2.24) is 4.90 Å². The minimum absolute atomic E-state index is 0.0890. The second-order valence-corrected chi connectivity index (χ2v) is 15.7. The van der Waals surface area contributed by atoms with Crippen LogP contribution in [0.2, 0.25) is 0 Å². The smallest absolute Gasteiger partial charge is 0.296 e. The highest BCUT2D eigenvalue weighted by molar-refractivity contribution is 8.30. The Labute approximate surface area is 263 Å². The molecule has 44 heavy (non-hydrogen) atoms. The van der Waals surface area contributed by atoms with E-state index in [0.717, 1.165) is 61.5 Å². The maximum Gasteiger partial charge on any atom is 0.296 e. The molecule has 0 aromatic heterocycles. The van der Waals surface area contributed by atoms with E-state index >= 15 is 0 Å². The van der Waals surface area contributed by atoms with Crippen molar-refractivity contribution in [3.05, 3.63) is 89.0 Å². The summed E-state index contributed by atoms with van der Waals surface area (Å²) in [5.41, 5.74) is 0.730. The number of amides is 1. The molecular formula is C35H47N3O5S. The number of nitrogens with zero attached hydrogens (tertiary/aromatic N) is 3. The number of nitro benzene ring substituents is 1. The highest BCUT2D eigenvalue weighted by Crippen LogP contribution is 2.67. The zero-order valence-corrected chi connectivity index (χ0v) is 27.3. The van der Waals surface area contributed by atoms with Crippen molar-refractivity contribution in [1.29, 1.82) is 0 Å². The van der Waals surface area contributed by atoms with Crippen LogP contribution in [0, 0.1) is 10.1 Å². The van der Waals surface area contributed by atoms with Gasteiger partial charge in [0.25, 0.3) is 5.69 Å². The molecule has 1 amide bonds. The first-order chi connectivity index (χ1) is 21.1. The Hall–Kier alpha value is -3.56. The van der Waals surface area contributed by atoms with Crippen LogP contribution in [0.15, 0.2) is 88.7 Å². The van der Waals surface area contributed by atoms with Gasteiger partial charge in [0.2, 0.25) is 5.91 Å². The topological polar surface area (TPSA) is 96.2 Å². The number of ether oxygens (including phenoxy) is 1. The summed E-state index contributed by atoms with van der Waals surface area (Å²) in [6, 6.07) is 25.4. The van der Waals surface area contributed by atoms with Crippen LogP contribution in [-0.2, 0) is 4.79 Å². The SMILES string of the molecule is CC(C)(C)S(O)(c1ccccc1)c1ccccc1.CCCOc1ccc(N2CCC(N3CCCCC3=O)CC2)c([N+](=O)[O-])c1. The summed E-state index contributed by atoms with van der Waals surface area (Å²) in [6.07, 6.45) is 5.31. The van der Waals surface area contributed by atoms with Crippen LogP contribution in [0.3, 0.4) is 0 Å². The van der Waals surface area contributed by atoms with E-state index in [9.17, 15) is 19.5 Å². The first kappa shape index (κ1) is 33.3. The molecule has 5 rings (SSSR count). The molecule has 0 unspecified atom stereocenters. The normalized spacial score (nSPS) is 16.6. The van der Waals surface area contributed by atoms with Crippen molar-refractivity contribution < 1.29 is 19.0 Å². The number of likely N-dealkylation sites (tertiary alicyclic amines) is 1. The number of benzene rings is 3. The largest absolute Gasteiger partial charge is 0.493 e. The molecule has 0 saturated carbocycles. The Morgan fingerprint density at radius 2 is 1.52 bits per heavy atom. The van der Waals surface area contributed by atoms with E-state index < -0.39 is 10.3 Å². The van der Waals surface area contributed by atoms with E-state index in [-0.39, 0.29) is 27.3 Å². The number of anilines is 1. The molecule has 2 heterocycles. The fourth-order valence-corrected chi connectivity index (χ4v) is 8.72. The van der Waals surface area contributed by atoms with Gasteiger partial charge in [-0.2, -0.15) is 0 Å². The Kier molecular flexibility index (Phi) is 11.3. The third kappa shape index (κ3) is 7.74. The average Bonchev–Trinajstić information content (AvgIpc) is 3.04. The summed E-state index contributed by atoms with van der Waals surface area (Å²) in [6.45, 7) is 11.2. The molecule has 2 aliphatic heterocycles. The molecule has 0 bridgehead atoms. The number of piperidine rings is 2. The number of hydrogen-bond acceptors (Lipinski definition) is 6. The van der Waals surface area contributed by atoms with Gasteiger partial charge in [-0.3, -0.25) is 14.9 Å². The molecule has 9 heteroatoms. The van der Waals surface area contributed by atoms with Crippen molar-refractivity contribution in [3.63, 3.8) is 0 Å². The molecule has 2 aliphatic rings. The van der Waals surface area contributed by atoms with Crippen LogP contribution in [0.1, 0.15) is 66.2 Å². The Bertz CT molecular complexity index is 1330. The molecule has 1 N–H and O–H groups in total. The van der Waals surface area contributed by atoms with Gasteiger partial charge in [-0.15, -0.1) is 0 Å². The van der Waals surface area contributed by atoms with Crippen LogP contribution < -0.4 is 9.64 Å². The highest BCUT2D eigenvalue weighted by atomic mass is 32.3. The fourth-order valence-electron chi connectivity index (χ4n) is 5.94. The summed E-state index contributed by atoms with van der Waals surface area (Å²) in [4.78, 5) is 29.4. The second-order valence-electron chi connectivity index (χ2n) is 12.3. The summed E-state index contributed by atoms with van der Waals surface area (Å²) in [7, 11) is -2.01. The molecule has 0 radical (unpaired) electrons. The zero-order valence-electron chi connectivity index (χ0n) is 26.5. The van der Waals surface area contributed by atoms with E-state index in [1.54, 1.807) is 12.1 Å². The molecule has 3 aromatic rings. The molecular weight excluding hydrogens is 574 g/mol. The number of carbonyl (C=O) groups excluding carboxylic acids is 1. The lowest BCUT2D eigenvalue weighted by Crippen LogP contribution is -2.49. The molecule has 238 valence electrons. The number of hydrogen-bond donors (Lipinski definition) is 1. The zero-order chi connectivity index (χ0) is 31.7. The number of carbonyl (C=O) groups is 1. The maximum absolute atomic E-state index is 12.1. The lowest BCUT2D eigenvalue weighted by Gasteiger charge is -2.46. The standard InChI is InChI=1S/C19H27N3O4.C16H20OS/c1-2-13-26-16-6-7-17(18(14-16)22(24)25)20-11-8-15(9-12-20)21-10-4-3-5-19(21)23;1-16(2,3)18(17,14-10-6-4-7-11-14)15-12-8-5-9-13-15/h6-7,14-15H,2-5,8-13H2,1H3;4-13,17H,1-3H3. The van der Waals surface area contributed by atoms with E-state index in [1.807, 2.05) is 72.5 Å². The quantitative estimate of drug-likeness (QED) is 0.200. The van der Waals surface area contributed by atoms with Gasteiger partial charge in [-0.1, -0.05) is 53.6 Å².